The van der Waals surface area contributed by atoms with Crippen LogP contribution in [0.1, 0.15) is 20.8 Å². The molecule has 0 spiro atoms. The lowest BCUT2D eigenvalue weighted by Gasteiger charge is -2.36. The highest BCUT2D eigenvalue weighted by Crippen LogP contribution is 2.01. The Kier molecular flexibility index (Phi) is 6.89. The molecule has 0 atom stereocenters. The van der Waals surface area contributed by atoms with E-state index in [9.17, 15) is 0 Å². The SMILES string of the molecule is CCN[Si](NCC)(N[Si](C)(C)C)OCC. The molecule has 0 amide bonds. The van der Waals surface area contributed by atoms with Gasteiger partial charge in [-0.05, 0) is 20.0 Å². The van der Waals surface area contributed by atoms with Gasteiger partial charge >= 0.3 is 8.80 Å². The van der Waals surface area contributed by atoms with Crippen molar-refractivity contribution in [3.63, 3.8) is 0 Å². The van der Waals surface area contributed by atoms with Gasteiger partial charge in [-0.15, -0.1) is 0 Å². The van der Waals surface area contributed by atoms with Crippen LogP contribution in [0.3, 0.4) is 0 Å². The van der Waals surface area contributed by atoms with Crippen LogP contribution in [0.25, 0.3) is 0 Å². The Balaban J connectivity index is 4.60. The molecular formula is C9H27N3OSi2. The minimum Gasteiger partial charge on any atom is -0.381 e. The number of hydrogen-bond acceptors (Lipinski definition) is 4. The molecule has 15 heavy (non-hydrogen) atoms. The highest BCUT2D eigenvalue weighted by molar-refractivity contribution is 6.86. The van der Waals surface area contributed by atoms with Gasteiger partial charge in [-0.2, -0.15) is 0 Å². The van der Waals surface area contributed by atoms with Gasteiger partial charge in [0.2, 0.25) is 0 Å². The van der Waals surface area contributed by atoms with Gasteiger partial charge < -0.3 is 9.07 Å². The molecule has 0 radical (unpaired) electrons. The van der Waals surface area contributed by atoms with Crippen LogP contribution >= 0.6 is 0 Å². The molecular weight excluding hydrogens is 222 g/mol. The largest absolute Gasteiger partial charge is 0.433 e. The van der Waals surface area contributed by atoms with Crippen LogP contribution in [0, 0.1) is 0 Å². The Bertz CT molecular complexity index is 156. The Morgan fingerprint density at radius 3 is 1.67 bits per heavy atom. The molecule has 0 fully saturated rings. The fourth-order valence-corrected chi connectivity index (χ4v) is 8.51. The predicted molar refractivity (Wildman–Crippen MR) is 71.2 cm³/mol. The first kappa shape index (κ1) is 15.3. The van der Waals surface area contributed by atoms with Gasteiger partial charge in [0.1, 0.15) is 8.24 Å². The molecule has 0 aromatic rings. The second-order valence-corrected chi connectivity index (χ2v) is 12.4. The third kappa shape index (κ3) is 6.44. The summed E-state index contributed by atoms with van der Waals surface area (Å²) in [5, 5.41) is 0. The molecule has 0 aliphatic rings. The van der Waals surface area contributed by atoms with Crippen LogP contribution in [0.5, 0.6) is 0 Å². The summed E-state index contributed by atoms with van der Waals surface area (Å²) in [7, 11) is -3.46. The second-order valence-electron chi connectivity index (χ2n) is 4.55. The Hall–Kier alpha value is 0.274. The smallest absolute Gasteiger partial charge is 0.381 e. The van der Waals surface area contributed by atoms with E-state index in [-0.39, 0.29) is 0 Å². The van der Waals surface area contributed by atoms with Gasteiger partial charge in [-0.25, -0.2) is 0 Å². The third-order valence-corrected chi connectivity index (χ3v) is 8.60. The number of nitrogens with one attached hydrogen (secondary N) is 3. The Labute approximate surface area is 96.6 Å². The molecule has 0 aromatic carbocycles. The topological polar surface area (TPSA) is 45.3 Å². The fourth-order valence-electron chi connectivity index (χ4n) is 1.53. The summed E-state index contributed by atoms with van der Waals surface area (Å²) in [6.45, 7) is 15.8. The van der Waals surface area contributed by atoms with E-state index in [4.69, 9.17) is 4.43 Å². The minimum absolute atomic E-state index is 0.740. The van der Waals surface area contributed by atoms with Crippen molar-refractivity contribution in [3.05, 3.63) is 0 Å². The van der Waals surface area contributed by atoms with Crippen molar-refractivity contribution in [2.45, 2.75) is 40.4 Å². The molecule has 0 aromatic heterocycles. The van der Waals surface area contributed by atoms with E-state index in [0.29, 0.717) is 0 Å². The first-order valence-corrected chi connectivity index (χ1v) is 11.2. The van der Waals surface area contributed by atoms with Gasteiger partial charge in [0.15, 0.2) is 0 Å². The molecule has 0 aliphatic heterocycles. The monoisotopic (exact) mass is 249 g/mol. The van der Waals surface area contributed by atoms with Crippen LogP contribution in [0.2, 0.25) is 19.6 Å². The molecule has 6 heteroatoms. The molecule has 0 heterocycles. The summed E-state index contributed by atoms with van der Waals surface area (Å²) in [5.74, 6) is 0. The molecule has 92 valence electrons. The number of rotatable bonds is 8. The summed E-state index contributed by atoms with van der Waals surface area (Å²) in [6, 6.07) is 0. The van der Waals surface area contributed by atoms with Crippen LogP contribution in [-0.2, 0) is 4.43 Å². The molecule has 0 bridgehead atoms. The quantitative estimate of drug-likeness (QED) is 0.564. The molecule has 4 nitrogen and oxygen atoms in total. The van der Waals surface area contributed by atoms with Gasteiger partial charge in [0.05, 0.1) is 0 Å². The zero-order valence-corrected chi connectivity index (χ0v) is 13.0. The second kappa shape index (κ2) is 6.77. The van der Waals surface area contributed by atoms with Crippen LogP contribution in [0.4, 0.5) is 0 Å². The standard InChI is InChI=1S/C9H27N3OSi2/c1-7-10-15(11-8-2,13-9-3)12-14(4,5)6/h10-12H,7-9H2,1-6H3. The van der Waals surface area contributed by atoms with E-state index in [1.54, 1.807) is 0 Å². The van der Waals surface area contributed by atoms with E-state index >= 15 is 0 Å². The highest BCUT2D eigenvalue weighted by atomic mass is 28.4. The van der Waals surface area contributed by atoms with Crippen LogP contribution < -0.4 is 14.6 Å². The first-order valence-electron chi connectivity index (χ1n) is 5.82. The average Bonchev–Trinajstić information content (AvgIpc) is 2.01. The van der Waals surface area contributed by atoms with E-state index in [2.05, 4.69) is 48.1 Å². The maximum atomic E-state index is 5.93. The molecule has 0 unspecified atom stereocenters. The zero-order chi connectivity index (χ0) is 11.9. The first-order chi connectivity index (χ1) is 6.89. The fraction of sp³-hybridized carbons (Fsp3) is 1.00. The maximum Gasteiger partial charge on any atom is 0.433 e. The van der Waals surface area contributed by atoms with Crippen LogP contribution in [0.15, 0.2) is 0 Å². The van der Waals surface area contributed by atoms with Crippen molar-refractivity contribution in [2.75, 3.05) is 19.7 Å². The summed E-state index contributed by atoms with van der Waals surface area (Å²) in [6.07, 6.45) is 0. The minimum atomic E-state index is -2.12. The van der Waals surface area contributed by atoms with Gasteiger partial charge in [-0.1, -0.05) is 33.5 Å². The highest BCUT2D eigenvalue weighted by Gasteiger charge is 2.39. The van der Waals surface area contributed by atoms with Crippen molar-refractivity contribution in [3.8, 4) is 0 Å². The van der Waals surface area contributed by atoms with Gasteiger partial charge in [-0.3, -0.25) is 9.96 Å². The predicted octanol–water partition coefficient (Wildman–Crippen LogP) is 1.10. The third-order valence-electron chi connectivity index (χ3n) is 1.76. The number of hydrogen-bond donors (Lipinski definition) is 3. The zero-order valence-electron chi connectivity index (χ0n) is 11.0. The van der Waals surface area contributed by atoms with Crippen molar-refractivity contribution in [2.24, 2.45) is 0 Å². The Morgan fingerprint density at radius 1 is 0.933 bits per heavy atom. The van der Waals surface area contributed by atoms with E-state index in [0.717, 1.165) is 19.7 Å². The Morgan fingerprint density at radius 2 is 1.40 bits per heavy atom. The summed E-state index contributed by atoms with van der Waals surface area (Å²) in [4.78, 5) is 6.97. The molecule has 0 aliphatic carbocycles. The van der Waals surface area contributed by atoms with Gasteiger partial charge in [0, 0.05) is 6.61 Å². The van der Waals surface area contributed by atoms with Crippen molar-refractivity contribution >= 4 is 17.0 Å². The van der Waals surface area contributed by atoms with Gasteiger partial charge in [0.25, 0.3) is 0 Å². The van der Waals surface area contributed by atoms with E-state index in [1.165, 1.54) is 0 Å². The van der Waals surface area contributed by atoms with E-state index < -0.39 is 17.0 Å². The van der Waals surface area contributed by atoms with Crippen molar-refractivity contribution in [1.82, 2.24) is 14.6 Å². The van der Waals surface area contributed by atoms with Crippen molar-refractivity contribution in [1.29, 1.82) is 0 Å². The lowest BCUT2D eigenvalue weighted by atomic mass is 10.8. The molecule has 3 N–H and O–H groups in total. The lowest BCUT2D eigenvalue weighted by molar-refractivity contribution is 0.294. The molecule has 0 saturated heterocycles. The lowest BCUT2D eigenvalue weighted by Crippen LogP contribution is -2.78. The van der Waals surface area contributed by atoms with E-state index in [1.807, 2.05) is 6.92 Å². The summed E-state index contributed by atoms with van der Waals surface area (Å²) < 4.78 is 9.63. The normalized spacial score (nSPS) is 13.2. The maximum absolute atomic E-state index is 5.93. The molecule has 0 saturated carbocycles. The average molecular weight is 250 g/mol. The van der Waals surface area contributed by atoms with Crippen molar-refractivity contribution < 1.29 is 4.43 Å². The summed E-state index contributed by atoms with van der Waals surface area (Å²) >= 11 is 0. The van der Waals surface area contributed by atoms with Crippen LogP contribution in [-0.4, -0.2) is 36.7 Å². The molecule has 0 rings (SSSR count). The summed E-state index contributed by atoms with van der Waals surface area (Å²) in [5.41, 5.74) is 0.